The van der Waals surface area contributed by atoms with E-state index in [4.69, 9.17) is 4.74 Å². The summed E-state index contributed by atoms with van der Waals surface area (Å²) in [6.45, 7) is 0.731. The molecule has 0 fully saturated rings. The van der Waals surface area contributed by atoms with Gasteiger partial charge in [0.15, 0.2) is 5.75 Å². The molecule has 0 aliphatic rings. The van der Waals surface area contributed by atoms with Crippen LogP contribution in [0.25, 0.3) is 11.3 Å². The highest BCUT2D eigenvalue weighted by atomic mass is 16.5. The number of ether oxygens (including phenoxy) is 1. The fourth-order valence-electron chi connectivity index (χ4n) is 2.28. The Kier molecular flexibility index (Phi) is 3.50. The standard InChI is InChI=1S/C17H16N2O/c1-20-16-12-18-19(13-14-8-4-2-5-9-14)17(16)15-10-6-3-7-11-15/h2-12H,13H2,1H3. The van der Waals surface area contributed by atoms with Gasteiger partial charge in [-0.25, -0.2) is 0 Å². The van der Waals surface area contributed by atoms with E-state index in [1.165, 1.54) is 5.56 Å². The van der Waals surface area contributed by atoms with Crippen molar-refractivity contribution in [3.63, 3.8) is 0 Å². The number of rotatable bonds is 4. The van der Waals surface area contributed by atoms with Crippen molar-refractivity contribution in [1.29, 1.82) is 0 Å². The molecule has 0 unspecified atom stereocenters. The molecule has 2 aromatic carbocycles. The molecule has 0 atom stereocenters. The Hall–Kier alpha value is -2.55. The summed E-state index contributed by atoms with van der Waals surface area (Å²) in [5, 5.41) is 4.45. The number of methoxy groups -OCH3 is 1. The van der Waals surface area contributed by atoms with E-state index >= 15 is 0 Å². The molecule has 0 aliphatic heterocycles. The van der Waals surface area contributed by atoms with E-state index in [1.807, 2.05) is 41.1 Å². The largest absolute Gasteiger partial charge is 0.493 e. The van der Waals surface area contributed by atoms with Crippen molar-refractivity contribution in [2.75, 3.05) is 7.11 Å². The molecule has 100 valence electrons. The quantitative estimate of drug-likeness (QED) is 0.720. The molecule has 0 saturated carbocycles. The van der Waals surface area contributed by atoms with Crippen LogP contribution in [-0.2, 0) is 6.54 Å². The predicted molar refractivity (Wildman–Crippen MR) is 79.8 cm³/mol. The van der Waals surface area contributed by atoms with Crippen LogP contribution in [0.1, 0.15) is 5.56 Å². The Morgan fingerprint density at radius 1 is 0.950 bits per heavy atom. The Labute approximate surface area is 118 Å². The van der Waals surface area contributed by atoms with Crippen molar-refractivity contribution < 1.29 is 4.74 Å². The van der Waals surface area contributed by atoms with Crippen LogP contribution in [-0.4, -0.2) is 16.9 Å². The molecule has 1 aromatic heterocycles. The number of aromatic nitrogens is 2. The lowest BCUT2D eigenvalue weighted by atomic mass is 10.1. The number of hydrogen-bond donors (Lipinski definition) is 0. The van der Waals surface area contributed by atoms with Gasteiger partial charge in [-0.15, -0.1) is 0 Å². The van der Waals surface area contributed by atoms with Crippen molar-refractivity contribution >= 4 is 0 Å². The van der Waals surface area contributed by atoms with Crippen LogP contribution < -0.4 is 4.74 Å². The summed E-state index contributed by atoms with van der Waals surface area (Å²) < 4.78 is 7.41. The van der Waals surface area contributed by atoms with E-state index in [0.717, 1.165) is 23.6 Å². The van der Waals surface area contributed by atoms with Gasteiger partial charge in [0, 0.05) is 5.56 Å². The molecule has 20 heavy (non-hydrogen) atoms. The predicted octanol–water partition coefficient (Wildman–Crippen LogP) is 3.61. The third-order valence-corrected chi connectivity index (χ3v) is 3.25. The zero-order valence-corrected chi connectivity index (χ0v) is 11.4. The van der Waals surface area contributed by atoms with Crippen molar-refractivity contribution in [1.82, 2.24) is 9.78 Å². The number of hydrogen-bond acceptors (Lipinski definition) is 2. The second-order valence-electron chi connectivity index (χ2n) is 4.57. The first-order valence-electron chi connectivity index (χ1n) is 6.57. The molecule has 0 bridgehead atoms. The van der Waals surface area contributed by atoms with E-state index in [1.54, 1.807) is 13.3 Å². The van der Waals surface area contributed by atoms with Gasteiger partial charge in [0.2, 0.25) is 0 Å². The Morgan fingerprint density at radius 2 is 1.60 bits per heavy atom. The van der Waals surface area contributed by atoms with E-state index < -0.39 is 0 Å². The summed E-state index contributed by atoms with van der Waals surface area (Å²) in [7, 11) is 1.68. The fourth-order valence-corrected chi connectivity index (χ4v) is 2.28. The minimum atomic E-state index is 0.731. The summed E-state index contributed by atoms with van der Waals surface area (Å²) in [5.41, 5.74) is 3.34. The second-order valence-corrected chi connectivity index (χ2v) is 4.57. The SMILES string of the molecule is COc1cnn(Cc2ccccc2)c1-c1ccccc1. The molecule has 3 heteroatoms. The zero-order chi connectivity index (χ0) is 13.8. The maximum Gasteiger partial charge on any atom is 0.164 e. The zero-order valence-electron chi connectivity index (χ0n) is 11.4. The maximum atomic E-state index is 5.43. The van der Waals surface area contributed by atoms with E-state index in [2.05, 4.69) is 29.4 Å². The first-order valence-corrected chi connectivity index (χ1v) is 6.57. The van der Waals surface area contributed by atoms with Gasteiger partial charge in [-0.1, -0.05) is 60.7 Å². The van der Waals surface area contributed by atoms with Crippen LogP contribution >= 0.6 is 0 Å². The monoisotopic (exact) mass is 264 g/mol. The summed E-state index contributed by atoms with van der Waals surface area (Å²) in [6.07, 6.45) is 1.77. The summed E-state index contributed by atoms with van der Waals surface area (Å²) in [5.74, 6) is 0.798. The molecular weight excluding hydrogens is 248 g/mol. The summed E-state index contributed by atoms with van der Waals surface area (Å²) in [6, 6.07) is 20.5. The lowest BCUT2D eigenvalue weighted by Gasteiger charge is -2.09. The highest BCUT2D eigenvalue weighted by Crippen LogP contribution is 2.29. The Bertz CT molecular complexity index is 675. The molecule has 0 aliphatic carbocycles. The third-order valence-electron chi connectivity index (χ3n) is 3.25. The first-order chi connectivity index (χ1) is 9.88. The smallest absolute Gasteiger partial charge is 0.164 e. The molecule has 0 radical (unpaired) electrons. The molecule has 3 nitrogen and oxygen atoms in total. The van der Waals surface area contributed by atoms with Crippen LogP contribution in [0.4, 0.5) is 0 Å². The second kappa shape index (κ2) is 5.61. The van der Waals surface area contributed by atoms with Gasteiger partial charge in [0.25, 0.3) is 0 Å². The number of benzene rings is 2. The fraction of sp³-hybridized carbons (Fsp3) is 0.118. The van der Waals surface area contributed by atoms with Crippen molar-refractivity contribution in [2.24, 2.45) is 0 Å². The van der Waals surface area contributed by atoms with Gasteiger partial charge in [-0.05, 0) is 5.56 Å². The topological polar surface area (TPSA) is 27.1 Å². The van der Waals surface area contributed by atoms with E-state index in [0.29, 0.717) is 0 Å². The van der Waals surface area contributed by atoms with Gasteiger partial charge < -0.3 is 4.74 Å². The molecule has 0 spiro atoms. The van der Waals surface area contributed by atoms with E-state index in [9.17, 15) is 0 Å². The van der Waals surface area contributed by atoms with Gasteiger partial charge in [0.1, 0.15) is 5.69 Å². The average molecular weight is 264 g/mol. The van der Waals surface area contributed by atoms with Crippen LogP contribution in [0.2, 0.25) is 0 Å². The van der Waals surface area contributed by atoms with Crippen LogP contribution in [0.3, 0.4) is 0 Å². The van der Waals surface area contributed by atoms with Gasteiger partial charge in [0.05, 0.1) is 19.9 Å². The minimum Gasteiger partial charge on any atom is -0.493 e. The minimum absolute atomic E-state index is 0.731. The van der Waals surface area contributed by atoms with Crippen LogP contribution in [0.15, 0.2) is 66.9 Å². The van der Waals surface area contributed by atoms with E-state index in [-0.39, 0.29) is 0 Å². The average Bonchev–Trinajstić information content (AvgIpc) is 2.92. The highest BCUT2D eigenvalue weighted by molar-refractivity contribution is 5.66. The van der Waals surface area contributed by atoms with Gasteiger partial charge >= 0.3 is 0 Å². The number of nitrogens with zero attached hydrogens (tertiary/aromatic N) is 2. The van der Waals surface area contributed by atoms with Crippen molar-refractivity contribution in [3.8, 4) is 17.0 Å². The van der Waals surface area contributed by atoms with Gasteiger partial charge in [-0.3, -0.25) is 4.68 Å². The van der Waals surface area contributed by atoms with Crippen molar-refractivity contribution in [3.05, 3.63) is 72.4 Å². The Balaban J connectivity index is 2.02. The first kappa shape index (κ1) is 12.5. The summed E-state index contributed by atoms with van der Waals surface area (Å²) in [4.78, 5) is 0. The van der Waals surface area contributed by atoms with Gasteiger partial charge in [-0.2, -0.15) is 5.10 Å². The molecule has 0 amide bonds. The normalized spacial score (nSPS) is 10.4. The van der Waals surface area contributed by atoms with Crippen LogP contribution in [0.5, 0.6) is 5.75 Å². The molecule has 0 saturated heterocycles. The summed E-state index contributed by atoms with van der Waals surface area (Å²) >= 11 is 0. The molecule has 3 rings (SSSR count). The lowest BCUT2D eigenvalue weighted by molar-refractivity contribution is 0.416. The Morgan fingerprint density at radius 3 is 2.25 bits per heavy atom. The van der Waals surface area contributed by atoms with Crippen molar-refractivity contribution in [2.45, 2.75) is 6.54 Å². The molecule has 3 aromatic rings. The molecule has 0 N–H and O–H groups in total. The third kappa shape index (κ3) is 2.43. The maximum absolute atomic E-state index is 5.43. The molecule has 1 heterocycles. The lowest BCUT2D eigenvalue weighted by Crippen LogP contribution is -2.03. The van der Waals surface area contributed by atoms with Crippen LogP contribution in [0, 0.1) is 0 Å². The highest BCUT2D eigenvalue weighted by Gasteiger charge is 2.13. The molecular formula is C17H16N2O.